The fourth-order valence-corrected chi connectivity index (χ4v) is 2.47. The van der Waals surface area contributed by atoms with Crippen LogP contribution in [0.1, 0.15) is 0 Å². The van der Waals surface area contributed by atoms with Crippen molar-refractivity contribution in [2.45, 2.75) is 9.79 Å². The maximum atomic E-state index is 5.86. The van der Waals surface area contributed by atoms with Gasteiger partial charge in [0.1, 0.15) is 5.82 Å². The Bertz CT molecular complexity index is 542. The van der Waals surface area contributed by atoms with Crippen LogP contribution < -0.4 is 10.6 Å². The predicted molar refractivity (Wildman–Crippen MR) is 76.3 cm³/mol. The molecule has 0 aliphatic rings. The number of aromatic nitrogens is 2. The van der Waals surface area contributed by atoms with Crippen molar-refractivity contribution in [3.63, 3.8) is 0 Å². The third-order valence-corrected chi connectivity index (χ3v) is 3.49. The van der Waals surface area contributed by atoms with Gasteiger partial charge in [-0.1, -0.05) is 23.4 Å². The van der Waals surface area contributed by atoms with Crippen molar-refractivity contribution in [1.82, 2.24) is 9.97 Å². The molecule has 94 valence electrons. The maximum absolute atomic E-state index is 5.86. The van der Waals surface area contributed by atoms with E-state index in [0.29, 0.717) is 0 Å². The van der Waals surface area contributed by atoms with Gasteiger partial charge >= 0.3 is 0 Å². The van der Waals surface area contributed by atoms with Gasteiger partial charge in [-0.15, -0.1) is 0 Å². The highest BCUT2D eigenvalue weighted by Crippen LogP contribution is 2.33. The van der Waals surface area contributed by atoms with Gasteiger partial charge in [-0.05, 0) is 24.3 Å². The summed E-state index contributed by atoms with van der Waals surface area (Å²) in [6, 6.07) is 7.64. The second kappa shape index (κ2) is 5.46. The molecule has 2 rings (SSSR count). The molecular formula is C12H13ClN4S. The molecule has 0 aliphatic heterocycles. The standard InChI is InChI=1S/C12H13ClN4S/c1-17(2)11-10(7-15-12(14)16-11)18-9-5-3-8(13)4-6-9/h3-7H,1-2H3,(H2,14,15,16). The van der Waals surface area contributed by atoms with Crippen LogP contribution in [0.4, 0.5) is 11.8 Å². The summed E-state index contributed by atoms with van der Waals surface area (Å²) in [7, 11) is 3.85. The van der Waals surface area contributed by atoms with Crippen molar-refractivity contribution in [3.8, 4) is 0 Å². The Morgan fingerprint density at radius 1 is 1.22 bits per heavy atom. The molecule has 1 aromatic heterocycles. The van der Waals surface area contributed by atoms with Crippen LogP contribution in [-0.4, -0.2) is 24.1 Å². The minimum absolute atomic E-state index is 0.277. The molecule has 0 spiro atoms. The van der Waals surface area contributed by atoms with Crippen molar-refractivity contribution < 1.29 is 0 Å². The average Bonchev–Trinajstić information content (AvgIpc) is 2.34. The summed E-state index contributed by atoms with van der Waals surface area (Å²) < 4.78 is 0. The molecule has 18 heavy (non-hydrogen) atoms. The second-order valence-electron chi connectivity index (χ2n) is 3.87. The highest BCUT2D eigenvalue weighted by atomic mass is 35.5. The Labute approximate surface area is 115 Å². The van der Waals surface area contributed by atoms with E-state index in [1.807, 2.05) is 43.3 Å². The van der Waals surface area contributed by atoms with E-state index in [1.54, 1.807) is 18.0 Å². The fourth-order valence-electron chi connectivity index (χ4n) is 1.40. The van der Waals surface area contributed by atoms with E-state index in [4.69, 9.17) is 17.3 Å². The molecule has 0 bridgehead atoms. The number of rotatable bonds is 3. The SMILES string of the molecule is CN(C)c1nc(N)ncc1Sc1ccc(Cl)cc1. The minimum atomic E-state index is 0.277. The van der Waals surface area contributed by atoms with Gasteiger partial charge < -0.3 is 10.6 Å². The highest BCUT2D eigenvalue weighted by Gasteiger charge is 2.09. The van der Waals surface area contributed by atoms with E-state index in [1.165, 1.54) is 0 Å². The van der Waals surface area contributed by atoms with Gasteiger partial charge in [0.15, 0.2) is 0 Å². The van der Waals surface area contributed by atoms with Gasteiger partial charge in [0.2, 0.25) is 5.95 Å². The van der Waals surface area contributed by atoms with Gasteiger partial charge in [-0.25, -0.2) is 4.98 Å². The molecule has 1 heterocycles. The quantitative estimate of drug-likeness (QED) is 0.937. The number of nitrogen functional groups attached to an aromatic ring is 1. The summed E-state index contributed by atoms with van der Waals surface area (Å²) in [5, 5.41) is 0.723. The van der Waals surface area contributed by atoms with Crippen molar-refractivity contribution in [2.75, 3.05) is 24.7 Å². The number of anilines is 2. The number of halogens is 1. The molecule has 2 aromatic rings. The zero-order valence-corrected chi connectivity index (χ0v) is 11.7. The van der Waals surface area contributed by atoms with Gasteiger partial charge in [0, 0.05) is 30.2 Å². The zero-order valence-electron chi connectivity index (χ0n) is 10.1. The first-order valence-corrected chi connectivity index (χ1v) is 6.49. The summed E-state index contributed by atoms with van der Waals surface area (Å²) in [6.45, 7) is 0. The van der Waals surface area contributed by atoms with Crippen LogP contribution in [0, 0.1) is 0 Å². The van der Waals surface area contributed by atoms with Crippen molar-refractivity contribution in [3.05, 3.63) is 35.5 Å². The molecule has 0 radical (unpaired) electrons. The topological polar surface area (TPSA) is 55.0 Å². The van der Waals surface area contributed by atoms with Crippen LogP contribution in [0.2, 0.25) is 5.02 Å². The summed E-state index contributed by atoms with van der Waals surface area (Å²) in [5.74, 6) is 1.08. The fraction of sp³-hybridized carbons (Fsp3) is 0.167. The molecule has 0 saturated carbocycles. The molecule has 1 aromatic carbocycles. The molecule has 6 heteroatoms. The Morgan fingerprint density at radius 3 is 2.50 bits per heavy atom. The van der Waals surface area contributed by atoms with E-state index in [9.17, 15) is 0 Å². The van der Waals surface area contributed by atoms with E-state index < -0.39 is 0 Å². The monoisotopic (exact) mass is 280 g/mol. The number of benzene rings is 1. The first-order chi connectivity index (χ1) is 8.56. The summed E-state index contributed by atoms with van der Waals surface area (Å²) in [6.07, 6.45) is 1.73. The van der Waals surface area contributed by atoms with E-state index in [2.05, 4.69) is 9.97 Å². The molecule has 0 fully saturated rings. The van der Waals surface area contributed by atoms with Gasteiger partial charge in [-0.2, -0.15) is 4.98 Å². The number of nitrogens with zero attached hydrogens (tertiary/aromatic N) is 3. The van der Waals surface area contributed by atoms with Crippen LogP contribution in [0.25, 0.3) is 0 Å². The lowest BCUT2D eigenvalue weighted by molar-refractivity contribution is 0.999. The average molecular weight is 281 g/mol. The third-order valence-electron chi connectivity index (χ3n) is 2.22. The summed E-state index contributed by atoms with van der Waals surface area (Å²) in [4.78, 5) is 12.2. The van der Waals surface area contributed by atoms with E-state index >= 15 is 0 Å². The van der Waals surface area contributed by atoms with Crippen LogP contribution in [0.15, 0.2) is 40.3 Å². The molecule has 0 unspecified atom stereocenters. The Hall–Kier alpha value is -1.46. The van der Waals surface area contributed by atoms with Gasteiger partial charge in [-0.3, -0.25) is 0 Å². The first kappa shape index (κ1) is 13.0. The van der Waals surface area contributed by atoms with Crippen molar-refractivity contribution in [1.29, 1.82) is 0 Å². The summed E-state index contributed by atoms with van der Waals surface area (Å²) in [5.41, 5.74) is 5.60. The molecule has 2 N–H and O–H groups in total. The molecule has 4 nitrogen and oxygen atoms in total. The molecule has 0 amide bonds. The molecule has 0 aliphatic carbocycles. The van der Waals surface area contributed by atoms with E-state index in [-0.39, 0.29) is 5.95 Å². The predicted octanol–water partition coefficient (Wildman–Crippen LogP) is 2.93. The number of nitrogens with two attached hydrogens (primary N) is 1. The van der Waals surface area contributed by atoms with E-state index in [0.717, 1.165) is 20.6 Å². The maximum Gasteiger partial charge on any atom is 0.222 e. The lowest BCUT2D eigenvalue weighted by Gasteiger charge is -2.15. The number of hydrogen-bond acceptors (Lipinski definition) is 5. The van der Waals surface area contributed by atoms with Gasteiger partial charge in [0.05, 0.1) is 4.90 Å². The van der Waals surface area contributed by atoms with Crippen molar-refractivity contribution in [2.24, 2.45) is 0 Å². The lowest BCUT2D eigenvalue weighted by Crippen LogP contribution is -2.13. The minimum Gasteiger partial charge on any atom is -0.368 e. The second-order valence-corrected chi connectivity index (χ2v) is 5.42. The van der Waals surface area contributed by atoms with Gasteiger partial charge in [0.25, 0.3) is 0 Å². The lowest BCUT2D eigenvalue weighted by atomic mass is 10.4. The normalized spacial score (nSPS) is 10.4. The smallest absolute Gasteiger partial charge is 0.222 e. The Balaban J connectivity index is 2.31. The van der Waals surface area contributed by atoms with Crippen LogP contribution in [0.5, 0.6) is 0 Å². The largest absolute Gasteiger partial charge is 0.368 e. The van der Waals surface area contributed by atoms with Crippen LogP contribution in [0.3, 0.4) is 0 Å². The third kappa shape index (κ3) is 3.05. The molecule has 0 saturated heterocycles. The Kier molecular flexibility index (Phi) is 3.93. The molecule has 0 atom stereocenters. The number of hydrogen-bond donors (Lipinski definition) is 1. The summed E-state index contributed by atoms with van der Waals surface area (Å²) >= 11 is 7.44. The first-order valence-electron chi connectivity index (χ1n) is 5.29. The van der Waals surface area contributed by atoms with Crippen molar-refractivity contribution >= 4 is 35.1 Å². The highest BCUT2D eigenvalue weighted by molar-refractivity contribution is 7.99. The van der Waals surface area contributed by atoms with Crippen LogP contribution in [-0.2, 0) is 0 Å². The van der Waals surface area contributed by atoms with Crippen LogP contribution >= 0.6 is 23.4 Å². The Morgan fingerprint density at radius 2 is 1.89 bits per heavy atom. The molecular weight excluding hydrogens is 268 g/mol. The zero-order chi connectivity index (χ0) is 13.1.